The maximum Gasteiger partial charge on any atom is 0.242 e. The fourth-order valence-corrected chi connectivity index (χ4v) is 3.61. The van der Waals surface area contributed by atoms with Crippen LogP contribution in [0.25, 0.3) is 0 Å². The zero-order chi connectivity index (χ0) is 13.9. The van der Waals surface area contributed by atoms with Crippen molar-refractivity contribution in [1.82, 2.24) is 4.72 Å². The largest absolute Gasteiger partial charge is 0.398 e. The van der Waals surface area contributed by atoms with Crippen molar-refractivity contribution in [3.63, 3.8) is 0 Å². The molecule has 3 N–H and O–H groups in total. The molecule has 0 radical (unpaired) electrons. The van der Waals surface area contributed by atoms with Crippen molar-refractivity contribution in [2.75, 3.05) is 5.73 Å². The highest BCUT2D eigenvalue weighted by atomic mass is 79.9. The van der Waals surface area contributed by atoms with Crippen molar-refractivity contribution in [3.05, 3.63) is 22.2 Å². The number of anilines is 1. The minimum atomic E-state index is -3.66. The summed E-state index contributed by atoms with van der Waals surface area (Å²) >= 11 is 3.23. The molecule has 98 valence electrons. The average Bonchev–Trinajstić information content (AvgIpc) is 2.30. The Morgan fingerprint density at radius 3 is 2.67 bits per heavy atom. The van der Waals surface area contributed by atoms with E-state index in [1.807, 2.05) is 6.92 Å². The lowest BCUT2D eigenvalue weighted by molar-refractivity contribution is 0.570. The summed E-state index contributed by atoms with van der Waals surface area (Å²) in [6, 6.07) is 2.65. The molecular weight excluding hydrogens is 316 g/mol. The number of halogens is 1. The topological polar surface area (TPSA) is 72.2 Å². The standard InChI is InChI=1S/C12H15BrN2O2S/c1-4-10(5-2)15-18(16,17)12-7-9(13)6-11(14)8(12)3/h1,6-7,10,15H,5,14H2,2-3H3. The predicted molar refractivity (Wildman–Crippen MR) is 76.5 cm³/mol. The summed E-state index contributed by atoms with van der Waals surface area (Å²) in [6.07, 6.45) is 5.78. The van der Waals surface area contributed by atoms with E-state index in [0.717, 1.165) is 0 Å². The van der Waals surface area contributed by atoms with E-state index in [4.69, 9.17) is 12.2 Å². The van der Waals surface area contributed by atoms with Crippen molar-refractivity contribution in [1.29, 1.82) is 0 Å². The number of nitrogens with one attached hydrogen (secondary N) is 1. The van der Waals surface area contributed by atoms with Crippen LogP contribution in [0.5, 0.6) is 0 Å². The van der Waals surface area contributed by atoms with Gasteiger partial charge in [0.2, 0.25) is 10.0 Å². The van der Waals surface area contributed by atoms with Gasteiger partial charge in [0.15, 0.2) is 0 Å². The van der Waals surface area contributed by atoms with Crippen LogP contribution in [-0.4, -0.2) is 14.5 Å². The Morgan fingerprint density at radius 1 is 1.56 bits per heavy atom. The van der Waals surface area contributed by atoms with Crippen LogP contribution in [-0.2, 0) is 10.0 Å². The molecule has 0 aromatic heterocycles. The highest BCUT2D eigenvalue weighted by molar-refractivity contribution is 9.10. The first-order valence-corrected chi connectivity index (χ1v) is 7.63. The van der Waals surface area contributed by atoms with E-state index in [9.17, 15) is 8.42 Å². The van der Waals surface area contributed by atoms with Gasteiger partial charge in [-0.2, -0.15) is 4.72 Å². The van der Waals surface area contributed by atoms with Crippen LogP contribution in [0.3, 0.4) is 0 Å². The normalized spacial score (nSPS) is 13.0. The average molecular weight is 331 g/mol. The molecule has 4 nitrogen and oxygen atoms in total. The molecule has 0 saturated carbocycles. The van der Waals surface area contributed by atoms with Gasteiger partial charge in [0.25, 0.3) is 0 Å². The minimum Gasteiger partial charge on any atom is -0.398 e. The highest BCUT2D eigenvalue weighted by Crippen LogP contribution is 2.26. The summed E-state index contributed by atoms with van der Waals surface area (Å²) in [4.78, 5) is 0.142. The number of nitrogen functional groups attached to an aromatic ring is 1. The molecule has 0 spiro atoms. The second-order valence-corrected chi connectivity index (χ2v) is 6.47. The first-order chi connectivity index (χ1) is 8.31. The molecule has 6 heteroatoms. The predicted octanol–water partition coefficient (Wildman–Crippen LogP) is 2.03. The lowest BCUT2D eigenvalue weighted by Crippen LogP contribution is -2.33. The molecule has 0 heterocycles. The SMILES string of the molecule is C#CC(CC)NS(=O)(=O)c1cc(Br)cc(N)c1C. The van der Waals surface area contributed by atoms with Gasteiger partial charge >= 0.3 is 0 Å². The van der Waals surface area contributed by atoms with E-state index >= 15 is 0 Å². The first kappa shape index (κ1) is 15.0. The Labute approximate surface area is 116 Å². The van der Waals surface area contributed by atoms with Crippen molar-refractivity contribution >= 4 is 31.6 Å². The van der Waals surface area contributed by atoms with Crippen LogP contribution in [0.1, 0.15) is 18.9 Å². The molecule has 0 aliphatic heterocycles. The van der Waals surface area contributed by atoms with Crippen LogP contribution in [0.2, 0.25) is 0 Å². The quantitative estimate of drug-likeness (QED) is 0.655. The van der Waals surface area contributed by atoms with Crippen LogP contribution in [0.15, 0.2) is 21.5 Å². The molecule has 0 amide bonds. The van der Waals surface area contributed by atoms with Crippen molar-refractivity contribution < 1.29 is 8.42 Å². The minimum absolute atomic E-state index is 0.142. The number of hydrogen-bond donors (Lipinski definition) is 2. The molecule has 0 fully saturated rings. The van der Waals surface area contributed by atoms with Crippen LogP contribution < -0.4 is 10.5 Å². The number of rotatable bonds is 4. The van der Waals surface area contributed by atoms with Gasteiger partial charge < -0.3 is 5.73 Å². The zero-order valence-corrected chi connectivity index (χ0v) is 12.6. The van der Waals surface area contributed by atoms with E-state index in [1.165, 1.54) is 6.07 Å². The fraction of sp³-hybridized carbons (Fsp3) is 0.333. The van der Waals surface area contributed by atoms with Crippen LogP contribution in [0, 0.1) is 19.3 Å². The second kappa shape index (κ2) is 5.74. The summed E-state index contributed by atoms with van der Waals surface area (Å²) in [7, 11) is -3.66. The summed E-state index contributed by atoms with van der Waals surface area (Å²) in [5.74, 6) is 2.39. The third-order valence-electron chi connectivity index (χ3n) is 2.56. The Kier molecular flexibility index (Phi) is 4.79. The molecule has 0 aliphatic rings. The number of nitrogens with two attached hydrogens (primary N) is 1. The van der Waals surface area contributed by atoms with E-state index in [1.54, 1.807) is 13.0 Å². The van der Waals surface area contributed by atoms with E-state index in [0.29, 0.717) is 22.1 Å². The Morgan fingerprint density at radius 2 is 2.17 bits per heavy atom. The highest BCUT2D eigenvalue weighted by Gasteiger charge is 2.21. The van der Waals surface area contributed by atoms with Gasteiger partial charge in [0.1, 0.15) is 0 Å². The number of sulfonamides is 1. The Bertz CT molecular complexity index is 591. The lowest BCUT2D eigenvalue weighted by atomic mass is 10.2. The molecule has 1 aromatic rings. The van der Waals surface area contributed by atoms with Crippen LogP contribution in [0.4, 0.5) is 5.69 Å². The van der Waals surface area contributed by atoms with Gasteiger partial charge in [0, 0.05) is 10.2 Å². The maximum atomic E-state index is 12.2. The second-order valence-electron chi connectivity index (χ2n) is 3.87. The van der Waals surface area contributed by atoms with E-state index < -0.39 is 16.1 Å². The van der Waals surface area contributed by atoms with Crippen molar-refractivity contribution in [3.8, 4) is 12.3 Å². The van der Waals surface area contributed by atoms with Gasteiger partial charge in [-0.1, -0.05) is 28.8 Å². The Balaban J connectivity index is 3.26. The summed E-state index contributed by atoms with van der Waals surface area (Å²) in [6.45, 7) is 3.47. The third kappa shape index (κ3) is 3.25. The monoisotopic (exact) mass is 330 g/mol. The van der Waals surface area contributed by atoms with Gasteiger partial charge in [0.05, 0.1) is 10.9 Å². The van der Waals surface area contributed by atoms with Gasteiger partial charge in [-0.05, 0) is 31.0 Å². The van der Waals surface area contributed by atoms with Crippen molar-refractivity contribution in [2.45, 2.75) is 31.2 Å². The van der Waals surface area contributed by atoms with Crippen LogP contribution >= 0.6 is 15.9 Å². The summed E-state index contributed by atoms with van der Waals surface area (Å²) in [5, 5.41) is 0. The zero-order valence-electron chi connectivity index (χ0n) is 10.2. The molecule has 18 heavy (non-hydrogen) atoms. The molecule has 1 atom stereocenters. The maximum absolute atomic E-state index is 12.2. The molecule has 0 saturated heterocycles. The summed E-state index contributed by atoms with van der Waals surface area (Å²) < 4.78 is 27.5. The van der Waals surface area contributed by atoms with Crippen molar-refractivity contribution in [2.24, 2.45) is 0 Å². The molecule has 1 aromatic carbocycles. The first-order valence-electron chi connectivity index (χ1n) is 5.36. The molecule has 1 unspecified atom stereocenters. The summed E-state index contributed by atoms with van der Waals surface area (Å²) in [5.41, 5.74) is 6.68. The van der Waals surface area contributed by atoms with Gasteiger partial charge in [-0.3, -0.25) is 0 Å². The Hall–Kier alpha value is -1.03. The fourth-order valence-electron chi connectivity index (χ4n) is 1.44. The van der Waals surface area contributed by atoms with E-state index in [2.05, 4.69) is 26.6 Å². The lowest BCUT2D eigenvalue weighted by Gasteiger charge is -2.14. The van der Waals surface area contributed by atoms with Gasteiger partial charge in [-0.25, -0.2) is 8.42 Å². The smallest absolute Gasteiger partial charge is 0.242 e. The number of benzene rings is 1. The number of hydrogen-bond acceptors (Lipinski definition) is 3. The molecule has 1 rings (SSSR count). The molecule has 0 aliphatic carbocycles. The third-order valence-corrected chi connectivity index (χ3v) is 4.62. The molecular formula is C12H15BrN2O2S. The number of terminal acetylenes is 1. The molecule has 0 bridgehead atoms. The van der Waals surface area contributed by atoms with Gasteiger partial charge in [-0.15, -0.1) is 6.42 Å². The van der Waals surface area contributed by atoms with E-state index in [-0.39, 0.29) is 4.90 Å².